The van der Waals surface area contributed by atoms with Gasteiger partial charge in [0, 0.05) is 10.2 Å². The van der Waals surface area contributed by atoms with Crippen molar-refractivity contribution in [3.63, 3.8) is 0 Å². The Balaban J connectivity index is 1.64. The molecule has 0 spiro atoms. The fraction of sp³-hybridized carbons (Fsp3) is 0.444. The molecule has 2 aromatic rings. The number of nitrogens with one attached hydrogen (secondary N) is 1. The highest BCUT2D eigenvalue weighted by molar-refractivity contribution is 9.10. The number of hydrogen-bond donors (Lipinski definition) is 1. The third-order valence-electron chi connectivity index (χ3n) is 6.36. The Bertz CT molecular complexity index is 1050. The first-order valence-corrected chi connectivity index (χ1v) is 12.5. The van der Waals surface area contributed by atoms with E-state index < -0.39 is 24.5 Å². The number of anilines is 1. The monoisotopic (exact) mass is 529 g/mol. The second-order valence-corrected chi connectivity index (χ2v) is 10.3. The van der Waals surface area contributed by atoms with Gasteiger partial charge >= 0.3 is 11.9 Å². The van der Waals surface area contributed by atoms with Gasteiger partial charge in [-0.1, -0.05) is 55.3 Å². The van der Waals surface area contributed by atoms with E-state index >= 15 is 0 Å². The van der Waals surface area contributed by atoms with Crippen molar-refractivity contribution in [3.8, 4) is 0 Å². The van der Waals surface area contributed by atoms with Crippen molar-refractivity contribution in [1.82, 2.24) is 0 Å². The van der Waals surface area contributed by atoms with E-state index in [1.165, 1.54) is 6.07 Å². The molecular formula is C27H32BrNO5. The maximum atomic E-state index is 13.0. The van der Waals surface area contributed by atoms with Gasteiger partial charge in [-0.05, 0) is 73.4 Å². The highest BCUT2D eigenvalue weighted by Crippen LogP contribution is 2.36. The Kier molecular flexibility index (Phi) is 8.89. The van der Waals surface area contributed by atoms with E-state index in [0.29, 0.717) is 23.4 Å². The molecule has 2 aromatic carbocycles. The number of esters is 2. The maximum absolute atomic E-state index is 13.0. The third-order valence-corrected chi connectivity index (χ3v) is 7.25. The molecule has 6 nitrogen and oxygen atoms in total. The Labute approximate surface area is 209 Å². The van der Waals surface area contributed by atoms with Crippen LogP contribution in [0.1, 0.15) is 66.3 Å². The molecule has 1 amide bonds. The Morgan fingerprint density at radius 1 is 1.06 bits per heavy atom. The zero-order valence-corrected chi connectivity index (χ0v) is 21.7. The predicted octanol–water partition coefficient (Wildman–Crippen LogP) is 6.17. The molecule has 0 radical (unpaired) electrons. The molecular weight excluding hydrogens is 498 g/mol. The number of carbonyl (C=O) groups excluding carboxylic acids is 3. The van der Waals surface area contributed by atoms with E-state index in [4.69, 9.17) is 9.47 Å². The van der Waals surface area contributed by atoms with E-state index in [1.54, 1.807) is 24.3 Å². The lowest BCUT2D eigenvalue weighted by atomic mass is 9.75. The number of rotatable bonds is 7. The van der Waals surface area contributed by atoms with Crippen molar-refractivity contribution < 1.29 is 23.9 Å². The SMILES string of the molecule is Cc1cc(NC(=O)COC(=O)c2ccccc2C(=O)O[C@@H]2C[C@H](C)CC[C@@H]2C(C)C)ccc1Br. The molecule has 0 saturated heterocycles. The van der Waals surface area contributed by atoms with Gasteiger partial charge in [0.2, 0.25) is 0 Å². The summed E-state index contributed by atoms with van der Waals surface area (Å²) in [5, 5.41) is 2.70. The minimum absolute atomic E-state index is 0.0877. The lowest BCUT2D eigenvalue weighted by molar-refractivity contribution is -0.119. The molecule has 1 aliphatic carbocycles. The van der Waals surface area contributed by atoms with Gasteiger partial charge in [-0.15, -0.1) is 0 Å². The largest absolute Gasteiger partial charge is 0.458 e. The van der Waals surface area contributed by atoms with Gasteiger partial charge in [-0.3, -0.25) is 4.79 Å². The number of aryl methyl sites for hydroxylation is 1. The second-order valence-electron chi connectivity index (χ2n) is 9.40. The van der Waals surface area contributed by atoms with Crippen molar-refractivity contribution in [1.29, 1.82) is 0 Å². The van der Waals surface area contributed by atoms with Crippen LogP contribution in [-0.2, 0) is 14.3 Å². The van der Waals surface area contributed by atoms with Crippen LogP contribution >= 0.6 is 15.9 Å². The number of carbonyl (C=O) groups is 3. The van der Waals surface area contributed by atoms with Crippen LogP contribution < -0.4 is 5.32 Å². The number of ether oxygens (including phenoxy) is 2. The van der Waals surface area contributed by atoms with Gasteiger partial charge in [0.1, 0.15) is 6.10 Å². The number of halogens is 1. The Morgan fingerprint density at radius 2 is 1.74 bits per heavy atom. The number of benzene rings is 2. The average molecular weight is 530 g/mol. The van der Waals surface area contributed by atoms with Gasteiger partial charge in [0.05, 0.1) is 11.1 Å². The molecule has 3 atom stereocenters. The van der Waals surface area contributed by atoms with Crippen molar-refractivity contribution in [2.75, 3.05) is 11.9 Å². The van der Waals surface area contributed by atoms with Crippen molar-refractivity contribution in [2.45, 2.75) is 53.1 Å². The predicted molar refractivity (Wildman–Crippen MR) is 135 cm³/mol. The van der Waals surface area contributed by atoms with Crippen LogP contribution in [0.2, 0.25) is 0 Å². The van der Waals surface area contributed by atoms with Crippen LogP contribution in [0.3, 0.4) is 0 Å². The van der Waals surface area contributed by atoms with Crippen molar-refractivity contribution >= 4 is 39.5 Å². The molecule has 1 saturated carbocycles. The van der Waals surface area contributed by atoms with Gasteiger partial charge in [-0.25, -0.2) is 9.59 Å². The summed E-state index contributed by atoms with van der Waals surface area (Å²) in [6.45, 7) is 7.91. The maximum Gasteiger partial charge on any atom is 0.339 e. The topological polar surface area (TPSA) is 81.7 Å². The summed E-state index contributed by atoms with van der Waals surface area (Å²) >= 11 is 3.41. The highest BCUT2D eigenvalue weighted by Gasteiger charge is 2.34. The molecule has 3 rings (SSSR count). The van der Waals surface area contributed by atoms with Crippen LogP contribution in [0.25, 0.3) is 0 Å². The Hall–Kier alpha value is -2.67. The Morgan fingerprint density at radius 3 is 2.38 bits per heavy atom. The summed E-state index contributed by atoms with van der Waals surface area (Å²) in [5.74, 6) is -0.560. The molecule has 0 bridgehead atoms. The third kappa shape index (κ3) is 6.69. The summed E-state index contributed by atoms with van der Waals surface area (Å²) < 4.78 is 12.0. The van der Waals surface area contributed by atoms with E-state index in [0.717, 1.165) is 29.3 Å². The summed E-state index contributed by atoms with van der Waals surface area (Å²) in [6, 6.07) is 11.8. The van der Waals surface area contributed by atoms with E-state index in [1.807, 2.05) is 19.1 Å². The van der Waals surface area contributed by atoms with Crippen molar-refractivity contribution in [3.05, 3.63) is 63.6 Å². The standard InChI is InChI=1S/C27H32BrNO5/c1-16(2)20-11-9-17(3)13-24(20)34-27(32)22-8-6-5-7-21(22)26(31)33-15-25(30)29-19-10-12-23(28)18(4)14-19/h5-8,10,12,14,16-17,20,24H,9,11,13,15H2,1-4H3,(H,29,30)/t17-,20-,24-/m1/s1. The molecule has 34 heavy (non-hydrogen) atoms. The number of amides is 1. The minimum Gasteiger partial charge on any atom is -0.458 e. The van der Waals surface area contributed by atoms with E-state index in [-0.39, 0.29) is 17.2 Å². The van der Waals surface area contributed by atoms with Crippen LogP contribution in [-0.4, -0.2) is 30.6 Å². The molecule has 1 N–H and O–H groups in total. The lowest BCUT2D eigenvalue weighted by Crippen LogP contribution is -2.36. The molecule has 0 unspecified atom stereocenters. The zero-order chi connectivity index (χ0) is 24.8. The first-order chi connectivity index (χ1) is 16.2. The quantitative estimate of drug-likeness (QED) is 0.433. The van der Waals surface area contributed by atoms with Gasteiger partial charge < -0.3 is 14.8 Å². The molecule has 0 heterocycles. The second kappa shape index (κ2) is 11.6. The lowest BCUT2D eigenvalue weighted by Gasteiger charge is -2.36. The van der Waals surface area contributed by atoms with Gasteiger partial charge in [0.25, 0.3) is 5.91 Å². The average Bonchev–Trinajstić information content (AvgIpc) is 2.79. The van der Waals surface area contributed by atoms with E-state index in [2.05, 4.69) is 42.0 Å². The van der Waals surface area contributed by atoms with Crippen LogP contribution in [0, 0.1) is 24.7 Å². The van der Waals surface area contributed by atoms with Gasteiger partial charge in [0.15, 0.2) is 6.61 Å². The fourth-order valence-corrected chi connectivity index (χ4v) is 4.67. The molecule has 7 heteroatoms. The summed E-state index contributed by atoms with van der Waals surface area (Å²) in [4.78, 5) is 38.0. The van der Waals surface area contributed by atoms with E-state index in [9.17, 15) is 14.4 Å². The van der Waals surface area contributed by atoms with Gasteiger partial charge in [-0.2, -0.15) is 0 Å². The first-order valence-electron chi connectivity index (χ1n) is 11.7. The summed E-state index contributed by atoms with van der Waals surface area (Å²) in [7, 11) is 0. The molecule has 0 aromatic heterocycles. The van der Waals surface area contributed by atoms with Crippen LogP contribution in [0.4, 0.5) is 5.69 Å². The molecule has 1 aliphatic rings. The first kappa shape index (κ1) is 25.9. The van der Waals surface area contributed by atoms with Crippen LogP contribution in [0.5, 0.6) is 0 Å². The minimum atomic E-state index is -0.743. The summed E-state index contributed by atoms with van der Waals surface area (Å²) in [6.07, 6.45) is 2.78. The smallest absolute Gasteiger partial charge is 0.339 e. The highest BCUT2D eigenvalue weighted by atomic mass is 79.9. The summed E-state index contributed by atoms with van der Waals surface area (Å²) in [5.41, 5.74) is 1.81. The molecule has 1 fully saturated rings. The normalized spacial score (nSPS) is 20.0. The van der Waals surface area contributed by atoms with Crippen LogP contribution in [0.15, 0.2) is 46.9 Å². The van der Waals surface area contributed by atoms with Crippen molar-refractivity contribution in [2.24, 2.45) is 17.8 Å². The zero-order valence-electron chi connectivity index (χ0n) is 20.1. The fourth-order valence-electron chi connectivity index (χ4n) is 4.42. The molecule has 0 aliphatic heterocycles. The molecule has 182 valence electrons. The number of hydrogen-bond acceptors (Lipinski definition) is 5.